The van der Waals surface area contributed by atoms with Gasteiger partial charge in [0.05, 0.1) is 13.1 Å². The highest BCUT2D eigenvalue weighted by molar-refractivity contribution is 14.0. The maximum Gasteiger partial charge on any atom is 0.319 e. The molecule has 29 heavy (non-hydrogen) atoms. The predicted octanol–water partition coefficient (Wildman–Crippen LogP) is 4.71. The number of rotatable bonds is 8. The van der Waals surface area contributed by atoms with Crippen molar-refractivity contribution < 1.29 is 4.79 Å². The maximum atomic E-state index is 11.7. The molecule has 6 nitrogen and oxygen atoms in total. The summed E-state index contributed by atoms with van der Waals surface area (Å²) in [6.07, 6.45) is 1.07. The van der Waals surface area contributed by atoms with Crippen molar-refractivity contribution in [3.05, 3.63) is 51.7 Å². The van der Waals surface area contributed by atoms with Crippen molar-refractivity contribution >= 4 is 53.0 Å². The van der Waals surface area contributed by atoms with Gasteiger partial charge in [0, 0.05) is 28.0 Å². The smallest absolute Gasteiger partial charge is 0.319 e. The molecule has 0 bridgehead atoms. The lowest BCUT2D eigenvalue weighted by molar-refractivity contribution is 0.250. The van der Waals surface area contributed by atoms with Gasteiger partial charge in [-0.05, 0) is 57.0 Å². The Morgan fingerprint density at radius 2 is 1.72 bits per heavy atom. The lowest BCUT2D eigenvalue weighted by Crippen LogP contribution is -2.36. The summed E-state index contributed by atoms with van der Waals surface area (Å²) in [6, 6.07) is 12.0. The number of aryl methyl sites for hydroxylation is 1. The van der Waals surface area contributed by atoms with E-state index in [4.69, 9.17) is 0 Å². The van der Waals surface area contributed by atoms with Gasteiger partial charge in [0.25, 0.3) is 0 Å². The van der Waals surface area contributed by atoms with Gasteiger partial charge in [-0.25, -0.2) is 9.79 Å². The van der Waals surface area contributed by atoms with Crippen LogP contribution in [0.15, 0.2) is 41.4 Å². The van der Waals surface area contributed by atoms with Crippen LogP contribution in [0.1, 0.15) is 43.0 Å². The molecule has 2 amide bonds. The lowest BCUT2D eigenvalue weighted by Gasteiger charge is -2.11. The number of anilines is 1. The number of guanidine groups is 1. The molecule has 0 atom stereocenters. The van der Waals surface area contributed by atoms with E-state index in [0.29, 0.717) is 6.54 Å². The van der Waals surface area contributed by atoms with Crippen molar-refractivity contribution in [1.82, 2.24) is 16.0 Å². The molecule has 0 saturated heterocycles. The summed E-state index contributed by atoms with van der Waals surface area (Å²) >= 11 is 1.83. The first kappa shape index (κ1) is 25.2. The van der Waals surface area contributed by atoms with Gasteiger partial charge < -0.3 is 21.3 Å². The predicted molar refractivity (Wildman–Crippen MR) is 134 cm³/mol. The molecule has 1 heterocycles. The number of halogens is 1. The number of thiophene rings is 1. The minimum absolute atomic E-state index is 0. The first-order valence-electron chi connectivity index (χ1n) is 9.76. The summed E-state index contributed by atoms with van der Waals surface area (Å²) in [5.41, 5.74) is 1.84. The van der Waals surface area contributed by atoms with E-state index in [2.05, 4.69) is 52.2 Å². The molecule has 0 aliphatic rings. The fraction of sp³-hybridized carbons (Fsp3) is 0.429. The molecular formula is C21H32IN5OS. The Balaban J connectivity index is 0.00000420. The highest BCUT2D eigenvalue weighted by Gasteiger charge is 2.04. The number of nitrogens with one attached hydrogen (secondary N) is 4. The number of benzene rings is 1. The number of amides is 2. The minimum atomic E-state index is -0.195. The van der Waals surface area contributed by atoms with E-state index >= 15 is 0 Å². The van der Waals surface area contributed by atoms with Crippen LogP contribution in [0.5, 0.6) is 0 Å². The molecule has 0 saturated carbocycles. The number of urea groups is 1. The molecule has 1 aromatic carbocycles. The topological polar surface area (TPSA) is 77.5 Å². The number of nitrogens with zero attached hydrogens (tertiary/aromatic N) is 1. The van der Waals surface area contributed by atoms with Crippen LogP contribution in [0, 0.1) is 0 Å². The first-order chi connectivity index (χ1) is 13.5. The Bertz CT molecular complexity index is 774. The molecule has 2 aromatic rings. The lowest BCUT2D eigenvalue weighted by atomic mass is 10.2. The number of hydrogen-bond donors (Lipinski definition) is 4. The van der Waals surface area contributed by atoms with Crippen LogP contribution < -0.4 is 21.3 Å². The van der Waals surface area contributed by atoms with E-state index < -0.39 is 0 Å². The van der Waals surface area contributed by atoms with E-state index in [0.717, 1.165) is 36.7 Å². The number of carbonyl (C=O) groups excluding carboxylic acids is 1. The molecular weight excluding hydrogens is 497 g/mol. The fourth-order valence-corrected chi connectivity index (χ4v) is 3.41. The quantitative estimate of drug-likeness (QED) is 0.227. The second kappa shape index (κ2) is 13.4. The summed E-state index contributed by atoms with van der Waals surface area (Å²) in [4.78, 5) is 19.1. The molecule has 1 aromatic heterocycles. The van der Waals surface area contributed by atoms with Crippen molar-refractivity contribution in [1.29, 1.82) is 0 Å². The van der Waals surface area contributed by atoms with Gasteiger partial charge in [0.15, 0.2) is 5.96 Å². The zero-order valence-electron chi connectivity index (χ0n) is 17.5. The van der Waals surface area contributed by atoms with E-state index in [9.17, 15) is 4.79 Å². The molecule has 0 aliphatic carbocycles. The highest BCUT2D eigenvalue weighted by Crippen LogP contribution is 2.16. The number of carbonyl (C=O) groups is 1. The van der Waals surface area contributed by atoms with Crippen molar-refractivity contribution in [2.45, 2.75) is 53.2 Å². The fourth-order valence-electron chi connectivity index (χ4n) is 2.51. The molecule has 0 spiro atoms. The van der Waals surface area contributed by atoms with E-state index in [-0.39, 0.29) is 36.0 Å². The monoisotopic (exact) mass is 529 g/mol. The van der Waals surface area contributed by atoms with Gasteiger partial charge in [-0.3, -0.25) is 0 Å². The van der Waals surface area contributed by atoms with Crippen molar-refractivity contribution in [3.63, 3.8) is 0 Å². The van der Waals surface area contributed by atoms with E-state index in [1.165, 1.54) is 9.75 Å². The summed E-state index contributed by atoms with van der Waals surface area (Å²) in [5, 5.41) is 12.3. The third-order valence-corrected chi connectivity index (χ3v) is 5.12. The number of aliphatic imine (C=N–C) groups is 1. The van der Waals surface area contributed by atoms with Crippen LogP contribution in [-0.4, -0.2) is 24.6 Å². The van der Waals surface area contributed by atoms with Crippen LogP contribution in [0.2, 0.25) is 0 Å². The third-order valence-electron chi connectivity index (χ3n) is 3.89. The maximum absolute atomic E-state index is 11.7. The standard InChI is InChI=1S/C21H31N5OS.HI/c1-5-18-11-12-19(28-18)14-24-20(22-6-2)23-13-16-7-9-17(10-8-16)26-21(27)25-15(3)4;/h7-12,15H,5-6,13-14H2,1-4H3,(H2,22,23,24)(H2,25,26,27);1H. The van der Waals surface area contributed by atoms with Crippen molar-refractivity contribution in [2.75, 3.05) is 11.9 Å². The molecule has 2 rings (SSSR count). The molecule has 4 N–H and O–H groups in total. The minimum Gasteiger partial charge on any atom is -0.357 e. The summed E-state index contributed by atoms with van der Waals surface area (Å²) in [5.74, 6) is 0.799. The molecule has 0 aliphatic heterocycles. The summed E-state index contributed by atoms with van der Waals surface area (Å²) in [7, 11) is 0. The Hall–Kier alpha value is -1.81. The average molecular weight is 529 g/mol. The molecule has 0 unspecified atom stereocenters. The number of hydrogen-bond acceptors (Lipinski definition) is 3. The van der Waals surface area contributed by atoms with Crippen LogP contribution in [-0.2, 0) is 19.5 Å². The molecule has 160 valence electrons. The van der Waals surface area contributed by atoms with E-state index in [1.807, 2.05) is 49.4 Å². The molecule has 8 heteroatoms. The third kappa shape index (κ3) is 9.49. The molecule has 0 fully saturated rings. The molecule has 0 radical (unpaired) electrons. The van der Waals surface area contributed by atoms with Crippen molar-refractivity contribution in [3.8, 4) is 0 Å². The average Bonchev–Trinajstić information content (AvgIpc) is 3.12. The Labute approximate surface area is 195 Å². The second-order valence-electron chi connectivity index (χ2n) is 6.72. The Kier molecular flexibility index (Phi) is 11.7. The first-order valence-corrected chi connectivity index (χ1v) is 10.6. The van der Waals surface area contributed by atoms with Gasteiger partial charge >= 0.3 is 6.03 Å². The van der Waals surface area contributed by atoms with Gasteiger partial charge in [-0.2, -0.15) is 0 Å². The van der Waals surface area contributed by atoms with Gasteiger partial charge in [0.2, 0.25) is 0 Å². The van der Waals surface area contributed by atoms with Crippen LogP contribution in [0.4, 0.5) is 10.5 Å². The normalized spacial score (nSPS) is 11.0. The zero-order valence-corrected chi connectivity index (χ0v) is 20.7. The van der Waals surface area contributed by atoms with Gasteiger partial charge in [-0.15, -0.1) is 35.3 Å². The summed E-state index contributed by atoms with van der Waals surface area (Å²) in [6.45, 7) is 10.2. The van der Waals surface area contributed by atoms with Gasteiger partial charge in [-0.1, -0.05) is 19.1 Å². The largest absolute Gasteiger partial charge is 0.357 e. The SMILES string of the molecule is CCNC(=NCc1ccc(NC(=O)NC(C)C)cc1)NCc1ccc(CC)s1.I. The zero-order chi connectivity index (χ0) is 20.4. The Morgan fingerprint density at radius 1 is 1.03 bits per heavy atom. The highest BCUT2D eigenvalue weighted by atomic mass is 127. The van der Waals surface area contributed by atoms with Crippen molar-refractivity contribution in [2.24, 2.45) is 4.99 Å². The van der Waals surface area contributed by atoms with Crippen LogP contribution in [0.25, 0.3) is 0 Å². The Morgan fingerprint density at radius 3 is 2.31 bits per heavy atom. The van der Waals surface area contributed by atoms with Crippen LogP contribution in [0.3, 0.4) is 0 Å². The summed E-state index contributed by atoms with van der Waals surface area (Å²) < 4.78 is 0. The van der Waals surface area contributed by atoms with Crippen LogP contribution >= 0.6 is 35.3 Å². The van der Waals surface area contributed by atoms with E-state index in [1.54, 1.807) is 0 Å². The second-order valence-corrected chi connectivity index (χ2v) is 7.97. The van der Waals surface area contributed by atoms with Gasteiger partial charge in [0.1, 0.15) is 0 Å².